The molecule has 124 valence electrons. The van der Waals surface area contributed by atoms with E-state index < -0.39 is 11.6 Å². The van der Waals surface area contributed by atoms with Gasteiger partial charge in [-0.05, 0) is 51.1 Å². The fraction of sp³-hybridized carbons (Fsp3) is 0.353. The van der Waals surface area contributed by atoms with E-state index in [1.54, 1.807) is 51.3 Å². The summed E-state index contributed by atoms with van der Waals surface area (Å²) in [6.07, 6.45) is 0. The van der Waals surface area contributed by atoms with Crippen molar-refractivity contribution in [2.45, 2.75) is 26.4 Å². The second-order valence-electron chi connectivity index (χ2n) is 5.64. The zero-order valence-electron chi connectivity index (χ0n) is 13.8. The number of hydrogen-bond acceptors (Lipinski definition) is 4. The molecule has 0 spiro atoms. The number of ether oxygens (including phenoxy) is 1. The number of benzene rings is 1. The number of amides is 2. The summed E-state index contributed by atoms with van der Waals surface area (Å²) in [6, 6.07) is 8.36. The van der Waals surface area contributed by atoms with Crippen LogP contribution in [0.3, 0.4) is 0 Å². The first-order valence-electron chi connectivity index (χ1n) is 7.30. The Balaban J connectivity index is 1.93. The number of furan rings is 1. The Hall–Kier alpha value is -2.47. The fourth-order valence-corrected chi connectivity index (χ4v) is 2.36. The maximum absolute atomic E-state index is 11.9. The van der Waals surface area contributed by atoms with Crippen LogP contribution in [0.4, 0.5) is 10.5 Å². The highest BCUT2D eigenvalue weighted by Crippen LogP contribution is 2.26. The van der Waals surface area contributed by atoms with Gasteiger partial charge in [-0.15, -0.1) is 0 Å². The normalized spacial score (nSPS) is 13.3. The highest BCUT2D eigenvalue weighted by Gasteiger charge is 2.28. The molecule has 3 N–H and O–H groups in total. The zero-order chi connectivity index (χ0) is 17.0. The smallest absolute Gasteiger partial charge is 0.319 e. The molecule has 0 aliphatic rings. The third-order valence-electron chi connectivity index (χ3n) is 3.56. The van der Waals surface area contributed by atoms with Gasteiger partial charge in [-0.1, -0.05) is 0 Å². The number of aryl methyl sites for hydroxylation is 2. The SMILES string of the molecule is COc1ccc(NC(=O)NCC(C)(O)c2cc(C)oc2C)cc1. The molecule has 1 heterocycles. The molecule has 6 heteroatoms. The maximum atomic E-state index is 11.9. The van der Waals surface area contributed by atoms with E-state index in [1.807, 2.05) is 6.92 Å². The Morgan fingerprint density at radius 2 is 1.96 bits per heavy atom. The molecule has 1 unspecified atom stereocenters. The molecule has 1 atom stereocenters. The Morgan fingerprint density at radius 1 is 1.30 bits per heavy atom. The molecule has 2 aromatic rings. The Morgan fingerprint density at radius 3 is 2.48 bits per heavy atom. The summed E-state index contributed by atoms with van der Waals surface area (Å²) in [5.41, 5.74) is 0.0945. The third-order valence-corrected chi connectivity index (χ3v) is 3.56. The first-order valence-corrected chi connectivity index (χ1v) is 7.30. The molecule has 6 nitrogen and oxygen atoms in total. The molecule has 0 saturated carbocycles. The number of carbonyl (C=O) groups excluding carboxylic acids is 1. The van der Waals surface area contributed by atoms with Crippen molar-refractivity contribution in [3.63, 3.8) is 0 Å². The molecular weight excluding hydrogens is 296 g/mol. The Kier molecular flexibility index (Phi) is 4.95. The predicted octanol–water partition coefficient (Wildman–Crippen LogP) is 2.93. The van der Waals surface area contributed by atoms with Crippen LogP contribution in [0.25, 0.3) is 0 Å². The first-order chi connectivity index (χ1) is 10.8. The largest absolute Gasteiger partial charge is 0.497 e. The van der Waals surface area contributed by atoms with E-state index in [2.05, 4.69) is 10.6 Å². The van der Waals surface area contributed by atoms with Crippen molar-refractivity contribution in [1.82, 2.24) is 5.32 Å². The number of rotatable bonds is 5. The van der Waals surface area contributed by atoms with Crippen molar-refractivity contribution in [3.05, 3.63) is 47.4 Å². The van der Waals surface area contributed by atoms with Crippen molar-refractivity contribution < 1.29 is 19.1 Å². The van der Waals surface area contributed by atoms with E-state index >= 15 is 0 Å². The number of methoxy groups -OCH3 is 1. The van der Waals surface area contributed by atoms with E-state index in [-0.39, 0.29) is 6.54 Å². The highest BCUT2D eigenvalue weighted by atomic mass is 16.5. The van der Waals surface area contributed by atoms with Crippen LogP contribution in [0.15, 0.2) is 34.7 Å². The van der Waals surface area contributed by atoms with Gasteiger partial charge in [0.2, 0.25) is 0 Å². The molecule has 2 rings (SSSR count). The van der Waals surface area contributed by atoms with E-state index in [4.69, 9.17) is 9.15 Å². The molecule has 1 aromatic carbocycles. The fourth-order valence-electron chi connectivity index (χ4n) is 2.36. The Bertz CT molecular complexity index is 674. The van der Waals surface area contributed by atoms with Gasteiger partial charge < -0.3 is 24.9 Å². The number of urea groups is 1. The van der Waals surface area contributed by atoms with Crippen LogP contribution in [0, 0.1) is 13.8 Å². The summed E-state index contributed by atoms with van der Waals surface area (Å²) in [5, 5.41) is 15.9. The van der Waals surface area contributed by atoms with Gasteiger partial charge >= 0.3 is 6.03 Å². The van der Waals surface area contributed by atoms with Crippen LogP contribution in [-0.2, 0) is 5.60 Å². The number of carbonyl (C=O) groups is 1. The number of anilines is 1. The van der Waals surface area contributed by atoms with Gasteiger partial charge in [-0.2, -0.15) is 0 Å². The second-order valence-corrected chi connectivity index (χ2v) is 5.64. The lowest BCUT2D eigenvalue weighted by Gasteiger charge is -2.23. The van der Waals surface area contributed by atoms with Crippen molar-refractivity contribution >= 4 is 11.7 Å². The molecular formula is C17H22N2O4. The summed E-state index contributed by atoms with van der Waals surface area (Å²) in [4.78, 5) is 11.9. The summed E-state index contributed by atoms with van der Waals surface area (Å²) < 4.78 is 10.5. The predicted molar refractivity (Wildman–Crippen MR) is 87.8 cm³/mol. The van der Waals surface area contributed by atoms with Crippen LogP contribution in [0.5, 0.6) is 5.75 Å². The summed E-state index contributed by atoms with van der Waals surface area (Å²) >= 11 is 0. The topological polar surface area (TPSA) is 83.7 Å². The Labute approximate surface area is 135 Å². The molecule has 0 bridgehead atoms. The van der Waals surface area contributed by atoms with Crippen molar-refractivity contribution in [3.8, 4) is 5.75 Å². The van der Waals surface area contributed by atoms with Gasteiger partial charge in [0.1, 0.15) is 22.9 Å². The van der Waals surface area contributed by atoms with Crippen LogP contribution >= 0.6 is 0 Å². The van der Waals surface area contributed by atoms with Crippen molar-refractivity contribution in [2.75, 3.05) is 19.0 Å². The second kappa shape index (κ2) is 6.75. The molecule has 0 saturated heterocycles. The standard InChI is InChI=1S/C17H22N2O4/c1-11-9-15(12(2)23-11)17(3,21)10-18-16(20)19-13-5-7-14(22-4)8-6-13/h5-9,21H,10H2,1-4H3,(H2,18,19,20). The number of hydrogen-bond donors (Lipinski definition) is 3. The molecule has 0 aliphatic heterocycles. The van der Waals surface area contributed by atoms with Gasteiger partial charge in [0.15, 0.2) is 0 Å². The third kappa shape index (κ3) is 4.26. The monoisotopic (exact) mass is 318 g/mol. The minimum atomic E-state index is -1.21. The highest BCUT2D eigenvalue weighted by molar-refractivity contribution is 5.89. The summed E-state index contributed by atoms with van der Waals surface area (Å²) in [6.45, 7) is 5.30. The lowest BCUT2D eigenvalue weighted by atomic mass is 9.96. The first kappa shape index (κ1) is 16.9. The number of aliphatic hydroxyl groups is 1. The van der Waals surface area contributed by atoms with Crippen molar-refractivity contribution in [1.29, 1.82) is 0 Å². The van der Waals surface area contributed by atoms with E-state index in [0.717, 1.165) is 5.76 Å². The van der Waals surface area contributed by atoms with Gasteiger partial charge in [-0.3, -0.25) is 0 Å². The van der Waals surface area contributed by atoms with Crippen molar-refractivity contribution in [2.24, 2.45) is 0 Å². The lowest BCUT2D eigenvalue weighted by Crippen LogP contribution is -2.40. The maximum Gasteiger partial charge on any atom is 0.319 e. The van der Waals surface area contributed by atoms with Gasteiger partial charge in [-0.25, -0.2) is 4.79 Å². The molecule has 0 aliphatic carbocycles. The molecule has 2 amide bonds. The minimum absolute atomic E-state index is 0.0643. The van der Waals surface area contributed by atoms with E-state index in [1.165, 1.54) is 0 Å². The van der Waals surface area contributed by atoms with Crippen LogP contribution in [0.1, 0.15) is 24.0 Å². The number of nitrogens with one attached hydrogen (secondary N) is 2. The molecule has 0 radical (unpaired) electrons. The average Bonchev–Trinajstić information content (AvgIpc) is 2.86. The van der Waals surface area contributed by atoms with Crippen LogP contribution in [-0.4, -0.2) is 24.8 Å². The quantitative estimate of drug-likeness (QED) is 0.791. The van der Waals surface area contributed by atoms with Crippen LogP contribution in [0.2, 0.25) is 0 Å². The zero-order valence-corrected chi connectivity index (χ0v) is 13.8. The minimum Gasteiger partial charge on any atom is -0.497 e. The summed E-state index contributed by atoms with van der Waals surface area (Å²) in [5.74, 6) is 2.08. The van der Waals surface area contributed by atoms with Gasteiger partial charge in [0, 0.05) is 11.3 Å². The van der Waals surface area contributed by atoms with E-state index in [0.29, 0.717) is 22.8 Å². The van der Waals surface area contributed by atoms with Gasteiger partial charge in [0.25, 0.3) is 0 Å². The average molecular weight is 318 g/mol. The molecule has 0 fully saturated rings. The molecule has 23 heavy (non-hydrogen) atoms. The van der Waals surface area contributed by atoms with Crippen LogP contribution < -0.4 is 15.4 Å². The van der Waals surface area contributed by atoms with E-state index in [9.17, 15) is 9.90 Å². The lowest BCUT2D eigenvalue weighted by molar-refractivity contribution is 0.0584. The van der Waals surface area contributed by atoms with Gasteiger partial charge in [0.05, 0.1) is 13.7 Å². The molecule has 1 aromatic heterocycles. The summed E-state index contributed by atoms with van der Waals surface area (Å²) in [7, 11) is 1.58.